The Morgan fingerprint density at radius 3 is 2.19 bits per heavy atom. The van der Waals surface area contributed by atoms with E-state index in [0.717, 1.165) is 0 Å². The van der Waals surface area contributed by atoms with Crippen molar-refractivity contribution in [2.45, 2.75) is 44.4 Å². The van der Waals surface area contributed by atoms with Crippen LogP contribution in [0, 0.1) is 5.82 Å². The zero-order chi connectivity index (χ0) is 18.4. The highest BCUT2D eigenvalue weighted by atomic mass is 19.1. The second-order valence-electron chi connectivity index (χ2n) is 6.76. The summed E-state index contributed by atoms with van der Waals surface area (Å²) in [5.41, 5.74) is 7.27. The number of hydrazine groups is 1. The van der Waals surface area contributed by atoms with Gasteiger partial charge in [-0.25, -0.2) is 4.39 Å². The van der Waals surface area contributed by atoms with E-state index < -0.39 is 0 Å². The molecule has 0 spiro atoms. The SMILES string of the molecule is O=C(Cc1ccc(F)cc1)NNC(=O)c1ccc(C2CCCCC2)cc1. The predicted octanol–water partition coefficient (Wildman–Crippen LogP) is 3.88. The molecule has 3 rings (SSSR count). The summed E-state index contributed by atoms with van der Waals surface area (Å²) in [5, 5.41) is 0. The van der Waals surface area contributed by atoms with Crippen molar-refractivity contribution in [1.82, 2.24) is 10.9 Å². The van der Waals surface area contributed by atoms with Crippen LogP contribution in [0.4, 0.5) is 4.39 Å². The standard InChI is InChI=1S/C21H23FN2O2/c22-19-12-6-15(7-13-19)14-20(25)23-24-21(26)18-10-8-17(9-11-18)16-4-2-1-3-5-16/h6-13,16H,1-5,14H2,(H,23,25)(H,24,26). The van der Waals surface area contributed by atoms with E-state index in [-0.39, 0.29) is 24.1 Å². The largest absolute Gasteiger partial charge is 0.273 e. The van der Waals surface area contributed by atoms with Gasteiger partial charge in [-0.05, 0) is 54.2 Å². The minimum absolute atomic E-state index is 0.0706. The van der Waals surface area contributed by atoms with E-state index in [4.69, 9.17) is 0 Å². The number of carbonyl (C=O) groups excluding carboxylic acids is 2. The first-order valence-corrected chi connectivity index (χ1v) is 9.05. The van der Waals surface area contributed by atoms with Crippen LogP contribution in [0.3, 0.4) is 0 Å². The van der Waals surface area contributed by atoms with E-state index in [1.807, 2.05) is 12.1 Å². The molecule has 2 amide bonds. The summed E-state index contributed by atoms with van der Waals surface area (Å²) in [6.07, 6.45) is 6.35. The van der Waals surface area contributed by atoms with Crippen molar-refractivity contribution in [2.24, 2.45) is 0 Å². The van der Waals surface area contributed by atoms with Crippen molar-refractivity contribution in [1.29, 1.82) is 0 Å². The molecule has 1 saturated carbocycles. The van der Waals surface area contributed by atoms with Crippen molar-refractivity contribution in [3.8, 4) is 0 Å². The average molecular weight is 354 g/mol. The van der Waals surface area contributed by atoms with Gasteiger partial charge < -0.3 is 0 Å². The van der Waals surface area contributed by atoms with Crippen LogP contribution in [0.5, 0.6) is 0 Å². The Morgan fingerprint density at radius 2 is 1.54 bits per heavy atom. The molecule has 1 fully saturated rings. The fourth-order valence-corrected chi connectivity index (χ4v) is 3.37. The number of amides is 2. The lowest BCUT2D eigenvalue weighted by Crippen LogP contribution is -2.42. The number of hydrogen-bond donors (Lipinski definition) is 2. The average Bonchev–Trinajstić information content (AvgIpc) is 2.69. The molecular formula is C21H23FN2O2. The van der Waals surface area contributed by atoms with Crippen molar-refractivity contribution in [2.75, 3.05) is 0 Å². The van der Waals surface area contributed by atoms with E-state index >= 15 is 0 Å². The lowest BCUT2D eigenvalue weighted by molar-refractivity contribution is -0.121. The molecule has 0 saturated heterocycles. The summed E-state index contributed by atoms with van der Waals surface area (Å²) in [6, 6.07) is 13.3. The highest BCUT2D eigenvalue weighted by Gasteiger charge is 2.16. The van der Waals surface area contributed by atoms with Crippen molar-refractivity contribution >= 4 is 11.8 Å². The monoisotopic (exact) mass is 354 g/mol. The Kier molecular flexibility index (Phi) is 6.00. The normalized spacial score (nSPS) is 14.7. The van der Waals surface area contributed by atoms with E-state index in [2.05, 4.69) is 10.9 Å². The molecule has 0 aliphatic heterocycles. The first kappa shape index (κ1) is 18.1. The van der Waals surface area contributed by atoms with Gasteiger partial charge in [0.05, 0.1) is 6.42 Å². The van der Waals surface area contributed by atoms with Gasteiger partial charge in [0.2, 0.25) is 5.91 Å². The molecular weight excluding hydrogens is 331 g/mol. The lowest BCUT2D eigenvalue weighted by Gasteiger charge is -2.22. The minimum Gasteiger partial charge on any atom is -0.273 e. The quantitative estimate of drug-likeness (QED) is 0.819. The summed E-state index contributed by atoms with van der Waals surface area (Å²) < 4.78 is 12.9. The molecule has 1 aliphatic rings. The van der Waals surface area contributed by atoms with Crippen molar-refractivity contribution < 1.29 is 14.0 Å². The fourth-order valence-electron chi connectivity index (χ4n) is 3.37. The maximum absolute atomic E-state index is 12.9. The highest BCUT2D eigenvalue weighted by molar-refractivity contribution is 5.95. The van der Waals surface area contributed by atoms with Gasteiger partial charge in [0.1, 0.15) is 5.82 Å². The van der Waals surface area contributed by atoms with E-state index in [1.165, 1.54) is 49.8 Å². The first-order valence-electron chi connectivity index (χ1n) is 9.05. The van der Waals surface area contributed by atoms with E-state index in [1.54, 1.807) is 24.3 Å². The lowest BCUT2D eigenvalue weighted by atomic mass is 9.84. The summed E-state index contributed by atoms with van der Waals surface area (Å²) in [7, 11) is 0. The summed E-state index contributed by atoms with van der Waals surface area (Å²) >= 11 is 0. The zero-order valence-corrected chi connectivity index (χ0v) is 14.6. The highest BCUT2D eigenvalue weighted by Crippen LogP contribution is 2.32. The molecule has 0 heterocycles. The van der Waals surface area contributed by atoms with Crippen LogP contribution in [0.25, 0.3) is 0 Å². The van der Waals surface area contributed by atoms with Gasteiger partial charge in [-0.3, -0.25) is 20.4 Å². The number of rotatable bonds is 4. The van der Waals surface area contributed by atoms with Gasteiger partial charge in [0.15, 0.2) is 0 Å². The maximum atomic E-state index is 12.9. The smallest absolute Gasteiger partial charge is 0.269 e. The Labute approximate surface area is 152 Å². The van der Waals surface area contributed by atoms with Gasteiger partial charge in [0, 0.05) is 5.56 Å². The molecule has 0 unspecified atom stereocenters. The molecule has 2 aromatic carbocycles. The predicted molar refractivity (Wildman–Crippen MR) is 98.0 cm³/mol. The van der Waals surface area contributed by atoms with E-state index in [0.29, 0.717) is 17.0 Å². The molecule has 4 nitrogen and oxygen atoms in total. The van der Waals surface area contributed by atoms with Crippen LogP contribution in [-0.4, -0.2) is 11.8 Å². The van der Waals surface area contributed by atoms with Crippen LogP contribution in [-0.2, 0) is 11.2 Å². The molecule has 2 N–H and O–H groups in total. The summed E-state index contributed by atoms with van der Waals surface area (Å²) in [6.45, 7) is 0. The molecule has 2 aromatic rings. The third-order valence-corrected chi connectivity index (χ3v) is 4.84. The Hall–Kier alpha value is -2.69. The summed E-state index contributed by atoms with van der Waals surface area (Å²) in [5.74, 6) is -0.466. The third kappa shape index (κ3) is 4.91. The first-order chi connectivity index (χ1) is 12.6. The second kappa shape index (κ2) is 8.61. The molecule has 0 bridgehead atoms. The zero-order valence-electron chi connectivity index (χ0n) is 14.6. The fraction of sp³-hybridized carbons (Fsp3) is 0.333. The van der Waals surface area contributed by atoms with Gasteiger partial charge in [0.25, 0.3) is 5.91 Å². The number of hydrogen-bond acceptors (Lipinski definition) is 2. The van der Waals surface area contributed by atoms with Crippen LogP contribution >= 0.6 is 0 Å². The van der Waals surface area contributed by atoms with Crippen LogP contribution in [0.15, 0.2) is 48.5 Å². The van der Waals surface area contributed by atoms with Crippen LogP contribution in [0.1, 0.15) is 59.5 Å². The van der Waals surface area contributed by atoms with Crippen molar-refractivity contribution in [3.05, 3.63) is 71.0 Å². The maximum Gasteiger partial charge on any atom is 0.269 e. The molecule has 0 aromatic heterocycles. The molecule has 136 valence electrons. The van der Waals surface area contributed by atoms with Crippen molar-refractivity contribution in [3.63, 3.8) is 0 Å². The Morgan fingerprint density at radius 1 is 0.885 bits per heavy atom. The minimum atomic E-state index is -0.358. The van der Waals surface area contributed by atoms with E-state index in [9.17, 15) is 14.0 Å². The number of carbonyl (C=O) groups is 2. The van der Waals surface area contributed by atoms with Gasteiger partial charge in [-0.15, -0.1) is 0 Å². The number of halogens is 1. The molecule has 26 heavy (non-hydrogen) atoms. The number of nitrogens with one attached hydrogen (secondary N) is 2. The van der Waals surface area contributed by atoms with Crippen LogP contribution < -0.4 is 10.9 Å². The molecule has 0 atom stereocenters. The topological polar surface area (TPSA) is 58.2 Å². The summed E-state index contributed by atoms with van der Waals surface area (Å²) in [4.78, 5) is 24.0. The Balaban J connectivity index is 1.49. The third-order valence-electron chi connectivity index (χ3n) is 4.84. The number of benzene rings is 2. The van der Waals surface area contributed by atoms with Gasteiger partial charge >= 0.3 is 0 Å². The second-order valence-corrected chi connectivity index (χ2v) is 6.76. The molecule has 0 radical (unpaired) electrons. The van der Waals surface area contributed by atoms with Crippen LogP contribution in [0.2, 0.25) is 0 Å². The molecule has 5 heteroatoms. The van der Waals surface area contributed by atoms with Gasteiger partial charge in [-0.1, -0.05) is 43.5 Å². The Bertz CT molecular complexity index is 751. The van der Waals surface area contributed by atoms with Gasteiger partial charge in [-0.2, -0.15) is 0 Å². The molecule has 1 aliphatic carbocycles.